The Morgan fingerprint density at radius 2 is 2.05 bits per heavy atom. The summed E-state index contributed by atoms with van der Waals surface area (Å²) in [6.07, 6.45) is -3.43. The fraction of sp³-hybridized carbons (Fsp3) is 0.538. The second-order valence-corrected chi connectivity index (χ2v) is 5.87. The van der Waals surface area contributed by atoms with Gasteiger partial charge in [0.05, 0.1) is 5.39 Å². The number of rotatable bonds is 5. The molecule has 2 heterocycles. The molecule has 0 saturated heterocycles. The molecule has 110 valence electrons. The molecule has 7 heteroatoms. The van der Waals surface area contributed by atoms with Crippen LogP contribution < -0.4 is 5.32 Å². The zero-order valence-electron chi connectivity index (χ0n) is 11.3. The summed E-state index contributed by atoms with van der Waals surface area (Å²) in [6, 6.07) is 1.91. The molecule has 0 aliphatic carbocycles. The van der Waals surface area contributed by atoms with E-state index in [0.29, 0.717) is 17.2 Å². The molecule has 0 fully saturated rings. The number of aryl methyl sites for hydroxylation is 1. The van der Waals surface area contributed by atoms with Crippen molar-refractivity contribution in [2.24, 2.45) is 0 Å². The molecule has 0 aliphatic heterocycles. The molecule has 0 amide bonds. The molecule has 0 unspecified atom stereocenters. The van der Waals surface area contributed by atoms with Gasteiger partial charge >= 0.3 is 6.18 Å². The smallest absolute Gasteiger partial charge is 0.369 e. The highest BCUT2D eigenvalue weighted by atomic mass is 32.1. The van der Waals surface area contributed by atoms with Crippen molar-refractivity contribution in [3.05, 3.63) is 16.8 Å². The van der Waals surface area contributed by atoms with Crippen molar-refractivity contribution in [2.75, 3.05) is 11.9 Å². The van der Waals surface area contributed by atoms with Gasteiger partial charge in [-0.2, -0.15) is 13.2 Å². The number of anilines is 1. The van der Waals surface area contributed by atoms with Gasteiger partial charge in [0.2, 0.25) is 0 Å². The monoisotopic (exact) mass is 303 g/mol. The van der Waals surface area contributed by atoms with E-state index in [9.17, 15) is 13.2 Å². The first kappa shape index (κ1) is 15.0. The number of alkyl halides is 3. The van der Waals surface area contributed by atoms with Crippen molar-refractivity contribution in [1.82, 2.24) is 9.97 Å². The molecule has 0 saturated carbocycles. The van der Waals surface area contributed by atoms with Crippen LogP contribution in [-0.2, 0) is 6.42 Å². The summed E-state index contributed by atoms with van der Waals surface area (Å²) in [4.78, 5) is 9.67. The molecule has 3 nitrogen and oxygen atoms in total. The highest BCUT2D eigenvalue weighted by molar-refractivity contribution is 7.18. The summed E-state index contributed by atoms with van der Waals surface area (Å²) in [6.45, 7) is 4.66. The highest BCUT2D eigenvalue weighted by Crippen LogP contribution is 2.30. The van der Waals surface area contributed by atoms with Gasteiger partial charge in [-0.3, -0.25) is 0 Å². The molecule has 1 N–H and O–H groups in total. The minimum atomic E-state index is -4.29. The Labute approximate surface area is 119 Å². The molecule has 2 rings (SSSR count). The summed E-state index contributed by atoms with van der Waals surface area (Å²) >= 11 is 1.39. The Balaban J connectivity index is 2.35. The maximum absolute atomic E-state index is 12.5. The van der Waals surface area contributed by atoms with Crippen LogP contribution in [0, 0.1) is 6.92 Å². The van der Waals surface area contributed by atoms with Crippen LogP contribution in [0.3, 0.4) is 0 Å². The zero-order chi connectivity index (χ0) is 14.8. The quantitative estimate of drug-likeness (QED) is 0.836. The zero-order valence-corrected chi connectivity index (χ0v) is 12.2. The van der Waals surface area contributed by atoms with E-state index in [-0.39, 0.29) is 5.82 Å². The number of unbranched alkanes of at least 4 members (excludes halogenated alkanes) is 1. The molecule has 0 atom stereocenters. The van der Waals surface area contributed by atoms with Gasteiger partial charge in [-0.15, -0.1) is 11.3 Å². The van der Waals surface area contributed by atoms with E-state index in [1.807, 2.05) is 13.0 Å². The van der Waals surface area contributed by atoms with Crippen LogP contribution in [0.2, 0.25) is 0 Å². The third-order valence-corrected chi connectivity index (χ3v) is 3.69. The molecule has 0 radical (unpaired) electrons. The standard InChI is InChI=1S/C13H16F3N3S/c1-3-4-5-17-11-9-6-8(2)20-12(9)19-10(18-11)7-13(14,15)16/h6H,3-5,7H2,1-2H3,(H,17,18,19). The Bertz CT molecular complexity index is 592. The molecule has 0 bridgehead atoms. The molecule has 2 aromatic heterocycles. The van der Waals surface area contributed by atoms with Crippen molar-refractivity contribution in [1.29, 1.82) is 0 Å². The Morgan fingerprint density at radius 1 is 1.30 bits per heavy atom. The minimum absolute atomic E-state index is 0.175. The van der Waals surface area contributed by atoms with Crippen molar-refractivity contribution < 1.29 is 13.2 Å². The molecule has 2 aromatic rings. The van der Waals surface area contributed by atoms with Crippen molar-refractivity contribution in [2.45, 2.75) is 39.3 Å². The first-order chi connectivity index (χ1) is 9.39. The predicted octanol–water partition coefficient (Wildman–Crippen LogP) is 4.32. The number of thiophene rings is 1. The lowest BCUT2D eigenvalue weighted by Crippen LogP contribution is -2.15. The molecular weight excluding hydrogens is 287 g/mol. The van der Waals surface area contributed by atoms with Gasteiger partial charge in [0, 0.05) is 11.4 Å². The van der Waals surface area contributed by atoms with Crippen molar-refractivity contribution in [3.63, 3.8) is 0 Å². The van der Waals surface area contributed by atoms with E-state index in [4.69, 9.17) is 0 Å². The van der Waals surface area contributed by atoms with Gasteiger partial charge in [-0.1, -0.05) is 13.3 Å². The second kappa shape index (κ2) is 5.95. The number of nitrogens with one attached hydrogen (secondary N) is 1. The van der Waals surface area contributed by atoms with E-state index < -0.39 is 12.6 Å². The van der Waals surface area contributed by atoms with Crippen LogP contribution in [0.4, 0.5) is 19.0 Å². The molecule has 20 heavy (non-hydrogen) atoms. The van der Waals surface area contributed by atoms with Gasteiger partial charge in [-0.25, -0.2) is 9.97 Å². The van der Waals surface area contributed by atoms with Crippen molar-refractivity contribution >= 4 is 27.4 Å². The molecule has 0 aromatic carbocycles. The van der Waals surface area contributed by atoms with Gasteiger partial charge in [-0.05, 0) is 19.4 Å². The maximum atomic E-state index is 12.5. The molecule has 0 spiro atoms. The lowest BCUT2D eigenvalue weighted by molar-refractivity contribution is -0.128. The summed E-state index contributed by atoms with van der Waals surface area (Å²) in [7, 11) is 0. The fourth-order valence-electron chi connectivity index (χ4n) is 1.86. The van der Waals surface area contributed by atoms with Crippen LogP contribution >= 0.6 is 11.3 Å². The third kappa shape index (κ3) is 3.82. The van der Waals surface area contributed by atoms with Gasteiger partial charge in [0.1, 0.15) is 22.9 Å². The third-order valence-electron chi connectivity index (χ3n) is 2.74. The maximum Gasteiger partial charge on any atom is 0.396 e. The Morgan fingerprint density at radius 3 is 2.70 bits per heavy atom. The number of hydrogen-bond acceptors (Lipinski definition) is 4. The topological polar surface area (TPSA) is 37.8 Å². The summed E-state index contributed by atoms with van der Waals surface area (Å²) in [5, 5.41) is 3.92. The van der Waals surface area contributed by atoms with E-state index in [2.05, 4.69) is 22.2 Å². The minimum Gasteiger partial charge on any atom is -0.369 e. The van der Waals surface area contributed by atoms with E-state index >= 15 is 0 Å². The van der Waals surface area contributed by atoms with Crippen LogP contribution in [0.25, 0.3) is 10.2 Å². The number of aromatic nitrogens is 2. The number of hydrogen-bond donors (Lipinski definition) is 1. The predicted molar refractivity (Wildman–Crippen MR) is 75.3 cm³/mol. The van der Waals surface area contributed by atoms with Crippen LogP contribution in [0.1, 0.15) is 30.5 Å². The largest absolute Gasteiger partial charge is 0.396 e. The first-order valence-electron chi connectivity index (χ1n) is 6.46. The summed E-state index contributed by atoms with van der Waals surface area (Å²) < 4.78 is 37.5. The first-order valence-corrected chi connectivity index (χ1v) is 7.28. The lowest BCUT2D eigenvalue weighted by atomic mass is 10.3. The van der Waals surface area contributed by atoms with Gasteiger partial charge < -0.3 is 5.32 Å². The molecule has 0 aliphatic rings. The highest BCUT2D eigenvalue weighted by Gasteiger charge is 2.30. The lowest BCUT2D eigenvalue weighted by Gasteiger charge is -2.09. The summed E-state index contributed by atoms with van der Waals surface area (Å²) in [5.74, 6) is 0.331. The van der Waals surface area contributed by atoms with Crippen LogP contribution in [0.5, 0.6) is 0 Å². The number of nitrogens with zero attached hydrogens (tertiary/aromatic N) is 2. The number of halogens is 3. The number of fused-ring (bicyclic) bond motifs is 1. The normalized spacial score (nSPS) is 12.1. The van der Waals surface area contributed by atoms with E-state index in [1.54, 1.807) is 0 Å². The van der Waals surface area contributed by atoms with E-state index in [0.717, 1.165) is 23.1 Å². The average Bonchev–Trinajstić information content (AvgIpc) is 2.67. The second-order valence-electron chi connectivity index (χ2n) is 4.64. The van der Waals surface area contributed by atoms with Crippen LogP contribution in [0.15, 0.2) is 6.07 Å². The van der Waals surface area contributed by atoms with E-state index in [1.165, 1.54) is 11.3 Å². The average molecular weight is 303 g/mol. The van der Waals surface area contributed by atoms with Gasteiger partial charge in [0.25, 0.3) is 0 Å². The van der Waals surface area contributed by atoms with Crippen LogP contribution in [-0.4, -0.2) is 22.7 Å². The SMILES string of the molecule is CCCCNc1nc(CC(F)(F)F)nc2sc(C)cc12. The molecular formula is C13H16F3N3S. The summed E-state index contributed by atoms with van der Waals surface area (Å²) in [5.41, 5.74) is 0. The Kier molecular flexibility index (Phi) is 4.47. The fourth-order valence-corrected chi connectivity index (χ4v) is 2.76. The van der Waals surface area contributed by atoms with Gasteiger partial charge in [0.15, 0.2) is 0 Å². The Hall–Kier alpha value is -1.37. The van der Waals surface area contributed by atoms with Crippen molar-refractivity contribution in [3.8, 4) is 0 Å².